The number of amides is 2. The van der Waals surface area contributed by atoms with Gasteiger partial charge >= 0.3 is 0 Å². The summed E-state index contributed by atoms with van der Waals surface area (Å²) in [6.07, 6.45) is 4.59. The highest BCUT2D eigenvalue weighted by Gasteiger charge is 2.01. The van der Waals surface area contributed by atoms with Gasteiger partial charge < -0.3 is 9.73 Å². The number of nitrogens with one attached hydrogen (secondary N) is 2. The van der Waals surface area contributed by atoms with Gasteiger partial charge in [0, 0.05) is 19.0 Å². The first kappa shape index (κ1) is 14.0. The van der Waals surface area contributed by atoms with E-state index >= 15 is 0 Å². The summed E-state index contributed by atoms with van der Waals surface area (Å²) in [5.74, 6) is 0.0435. The maximum Gasteiger partial charge on any atom is 0.245 e. The van der Waals surface area contributed by atoms with Crippen molar-refractivity contribution in [2.75, 3.05) is 13.2 Å². The second kappa shape index (κ2) is 8.08. The standard InChI is InChI=1S/C12H16N2O4/c1-2-18-14-12(16)7-8-13-11(15)6-5-10-4-3-9-17-10/h3-6,9H,2,7-8H2,1H3,(H,13,15)(H,14,16)/b6-5+. The van der Waals surface area contributed by atoms with E-state index in [0.717, 1.165) is 0 Å². The first-order valence-corrected chi connectivity index (χ1v) is 5.62. The largest absolute Gasteiger partial charge is 0.465 e. The number of carbonyl (C=O) groups excluding carboxylic acids is 2. The number of hydroxylamine groups is 1. The zero-order valence-electron chi connectivity index (χ0n) is 10.1. The van der Waals surface area contributed by atoms with Gasteiger partial charge in [-0.2, -0.15) is 0 Å². The van der Waals surface area contributed by atoms with Crippen LogP contribution in [0.15, 0.2) is 28.9 Å². The molecule has 0 saturated heterocycles. The van der Waals surface area contributed by atoms with Crippen molar-refractivity contribution >= 4 is 17.9 Å². The van der Waals surface area contributed by atoms with Gasteiger partial charge in [-0.05, 0) is 25.1 Å². The van der Waals surface area contributed by atoms with Crippen LogP contribution in [0.1, 0.15) is 19.1 Å². The molecule has 2 N–H and O–H groups in total. The van der Waals surface area contributed by atoms with Gasteiger partial charge in [0.15, 0.2) is 0 Å². The van der Waals surface area contributed by atoms with E-state index in [1.165, 1.54) is 12.3 Å². The Balaban J connectivity index is 2.15. The topological polar surface area (TPSA) is 80.6 Å². The Morgan fingerprint density at radius 1 is 1.50 bits per heavy atom. The summed E-state index contributed by atoms with van der Waals surface area (Å²) in [5.41, 5.74) is 2.24. The molecule has 0 aliphatic heterocycles. The number of hydrogen-bond donors (Lipinski definition) is 2. The Hall–Kier alpha value is -2.08. The van der Waals surface area contributed by atoms with E-state index < -0.39 is 0 Å². The minimum atomic E-state index is -0.282. The Bertz CT molecular complexity index is 398. The number of furan rings is 1. The number of hydrogen-bond acceptors (Lipinski definition) is 4. The molecule has 0 bridgehead atoms. The minimum absolute atomic E-state index is 0.167. The van der Waals surface area contributed by atoms with Crippen LogP contribution in [0.2, 0.25) is 0 Å². The normalized spacial score (nSPS) is 10.5. The van der Waals surface area contributed by atoms with Gasteiger partial charge in [-0.15, -0.1) is 0 Å². The van der Waals surface area contributed by atoms with Crippen molar-refractivity contribution < 1.29 is 18.8 Å². The fourth-order valence-corrected chi connectivity index (χ4v) is 1.11. The van der Waals surface area contributed by atoms with Crippen LogP contribution in [0.3, 0.4) is 0 Å². The predicted molar refractivity (Wildman–Crippen MR) is 65.1 cm³/mol. The summed E-state index contributed by atoms with van der Waals surface area (Å²) >= 11 is 0. The highest BCUT2D eigenvalue weighted by molar-refractivity contribution is 5.91. The van der Waals surface area contributed by atoms with Crippen LogP contribution in [0.4, 0.5) is 0 Å². The first-order chi connectivity index (χ1) is 8.72. The fourth-order valence-electron chi connectivity index (χ4n) is 1.11. The molecule has 0 fully saturated rings. The third-order valence-corrected chi connectivity index (χ3v) is 1.92. The molecule has 2 amide bonds. The van der Waals surface area contributed by atoms with Crippen LogP contribution in [-0.2, 0) is 14.4 Å². The molecule has 0 aromatic carbocycles. The van der Waals surface area contributed by atoms with Gasteiger partial charge in [-0.25, -0.2) is 5.48 Å². The molecule has 1 heterocycles. The first-order valence-electron chi connectivity index (χ1n) is 5.62. The smallest absolute Gasteiger partial charge is 0.245 e. The zero-order chi connectivity index (χ0) is 13.2. The molecule has 0 atom stereocenters. The molecule has 0 unspecified atom stereocenters. The average Bonchev–Trinajstić information content (AvgIpc) is 2.87. The third kappa shape index (κ3) is 5.86. The van der Waals surface area contributed by atoms with Gasteiger partial charge in [0.2, 0.25) is 11.8 Å². The second-order valence-corrected chi connectivity index (χ2v) is 3.35. The second-order valence-electron chi connectivity index (χ2n) is 3.35. The summed E-state index contributed by atoms with van der Waals surface area (Å²) in [6, 6.07) is 3.47. The van der Waals surface area contributed by atoms with Gasteiger partial charge in [0.1, 0.15) is 5.76 Å². The van der Waals surface area contributed by atoms with E-state index in [2.05, 4.69) is 10.8 Å². The molecule has 98 valence electrons. The highest BCUT2D eigenvalue weighted by Crippen LogP contribution is 2.01. The Labute approximate surface area is 105 Å². The molecule has 6 heteroatoms. The maximum absolute atomic E-state index is 11.3. The Morgan fingerprint density at radius 3 is 3.00 bits per heavy atom. The molecule has 0 aliphatic carbocycles. The van der Waals surface area contributed by atoms with E-state index in [1.54, 1.807) is 25.1 Å². The summed E-state index contributed by atoms with van der Waals surface area (Å²) in [7, 11) is 0. The van der Waals surface area contributed by atoms with Gasteiger partial charge in [0.25, 0.3) is 0 Å². The van der Waals surface area contributed by atoms with Crippen LogP contribution in [-0.4, -0.2) is 25.0 Å². The molecular weight excluding hydrogens is 236 g/mol. The summed E-state index contributed by atoms with van der Waals surface area (Å²) in [4.78, 5) is 27.1. The lowest BCUT2D eigenvalue weighted by Crippen LogP contribution is -2.29. The molecule has 18 heavy (non-hydrogen) atoms. The van der Waals surface area contributed by atoms with Crippen molar-refractivity contribution in [2.24, 2.45) is 0 Å². The average molecular weight is 252 g/mol. The van der Waals surface area contributed by atoms with Crippen LogP contribution in [0.25, 0.3) is 6.08 Å². The summed E-state index contributed by atoms with van der Waals surface area (Å²) in [5, 5.41) is 2.57. The number of rotatable bonds is 7. The molecule has 1 aromatic rings. The monoisotopic (exact) mass is 252 g/mol. The van der Waals surface area contributed by atoms with E-state index in [4.69, 9.17) is 9.25 Å². The quantitative estimate of drug-likeness (QED) is 0.557. The lowest BCUT2D eigenvalue weighted by molar-refractivity contribution is -0.133. The SMILES string of the molecule is CCONC(=O)CCNC(=O)/C=C/c1ccco1. The van der Waals surface area contributed by atoms with E-state index in [9.17, 15) is 9.59 Å². The van der Waals surface area contributed by atoms with E-state index in [-0.39, 0.29) is 24.8 Å². The molecule has 1 aromatic heterocycles. The molecule has 0 spiro atoms. The fraction of sp³-hybridized carbons (Fsp3) is 0.333. The molecule has 0 aliphatic rings. The van der Waals surface area contributed by atoms with Crippen LogP contribution >= 0.6 is 0 Å². The molecule has 1 rings (SSSR count). The van der Waals surface area contributed by atoms with Gasteiger partial charge in [-0.3, -0.25) is 14.4 Å². The zero-order valence-corrected chi connectivity index (χ0v) is 10.1. The molecule has 6 nitrogen and oxygen atoms in total. The van der Waals surface area contributed by atoms with E-state index in [0.29, 0.717) is 12.4 Å². The van der Waals surface area contributed by atoms with E-state index in [1.807, 2.05) is 0 Å². The lowest BCUT2D eigenvalue weighted by atomic mass is 10.3. The summed E-state index contributed by atoms with van der Waals surface area (Å²) < 4.78 is 5.02. The van der Waals surface area contributed by atoms with Gasteiger partial charge in [-0.1, -0.05) is 0 Å². The van der Waals surface area contributed by atoms with Crippen molar-refractivity contribution in [1.82, 2.24) is 10.8 Å². The highest BCUT2D eigenvalue weighted by atomic mass is 16.6. The van der Waals surface area contributed by atoms with Crippen molar-refractivity contribution in [2.45, 2.75) is 13.3 Å². The number of carbonyl (C=O) groups is 2. The third-order valence-electron chi connectivity index (χ3n) is 1.92. The van der Waals surface area contributed by atoms with Crippen LogP contribution < -0.4 is 10.8 Å². The van der Waals surface area contributed by atoms with Crippen molar-refractivity contribution in [3.63, 3.8) is 0 Å². The Kier molecular flexibility index (Phi) is 6.27. The van der Waals surface area contributed by atoms with Crippen LogP contribution in [0.5, 0.6) is 0 Å². The summed E-state index contributed by atoms with van der Waals surface area (Å²) in [6.45, 7) is 2.42. The van der Waals surface area contributed by atoms with Crippen molar-refractivity contribution in [3.8, 4) is 0 Å². The van der Waals surface area contributed by atoms with Gasteiger partial charge in [0.05, 0.1) is 12.9 Å². The van der Waals surface area contributed by atoms with Crippen molar-refractivity contribution in [3.05, 3.63) is 30.2 Å². The maximum atomic E-state index is 11.3. The Morgan fingerprint density at radius 2 is 2.33 bits per heavy atom. The minimum Gasteiger partial charge on any atom is -0.465 e. The molecular formula is C12H16N2O4. The molecule has 0 radical (unpaired) electrons. The van der Waals surface area contributed by atoms with Crippen molar-refractivity contribution in [1.29, 1.82) is 0 Å². The lowest BCUT2D eigenvalue weighted by Gasteiger charge is -2.03. The molecule has 0 saturated carbocycles. The predicted octanol–water partition coefficient (Wildman–Crippen LogP) is 0.867. The van der Waals surface area contributed by atoms with Crippen LogP contribution in [0, 0.1) is 0 Å².